The highest BCUT2D eigenvalue weighted by Gasteiger charge is 2.46. The van der Waals surface area contributed by atoms with E-state index in [9.17, 15) is 0 Å². The van der Waals surface area contributed by atoms with Crippen LogP contribution in [0.25, 0.3) is 0 Å². The molecule has 3 aliphatic rings. The standard InChI is InChI=1S/C9H17OP/c1-8-2-5-9(10-11,6-3-8)7-4-8/h2-7,11H2,1H3. The van der Waals surface area contributed by atoms with Crippen LogP contribution in [-0.4, -0.2) is 5.60 Å². The third-order valence-corrected chi connectivity index (χ3v) is 4.30. The Bertz CT molecular complexity index is 142. The minimum atomic E-state index is 0.266. The van der Waals surface area contributed by atoms with Crippen LogP contribution in [0.15, 0.2) is 0 Å². The molecule has 0 aromatic heterocycles. The largest absolute Gasteiger partial charge is 0.359 e. The number of hydrogen-bond donors (Lipinski definition) is 0. The van der Waals surface area contributed by atoms with E-state index in [1.54, 1.807) is 0 Å². The Morgan fingerprint density at radius 3 is 1.82 bits per heavy atom. The predicted octanol–water partition coefficient (Wildman–Crippen LogP) is 2.91. The minimum absolute atomic E-state index is 0.266. The van der Waals surface area contributed by atoms with Gasteiger partial charge in [-0.25, -0.2) is 0 Å². The van der Waals surface area contributed by atoms with E-state index in [-0.39, 0.29) is 5.60 Å². The maximum atomic E-state index is 5.53. The molecule has 0 radical (unpaired) electrons. The summed E-state index contributed by atoms with van der Waals surface area (Å²) in [7, 11) is 2.46. The number of rotatable bonds is 1. The fourth-order valence-electron chi connectivity index (χ4n) is 2.52. The van der Waals surface area contributed by atoms with Gasteiger partial charge in [-0.05, 0) is 43.9 Å². The zero-order valence-electron chi connectivity index (χ0n) is 7.23. The van der Waals surface area contributed by atoms with E-state index < -0.39 is 0 Å². The van der Waals surface area contributed by atoms with Gasteiger partial charge in [0.15, 0.2) is 0 Å². The fraction of sp³-hybridized carbons (Fsp3) is 1.00. The Morgan fingerprint density at radius 1 is 1.00 bits per heavy atom. The van der Waals surface area contributed by atoms with Crippen molar-refractivity contribution in [2.75, 3.05) is 0 Å². The first-order valence-corrected chi connectivity index (χ1v) is 5.03. The molecule has 3 fully saturated rings. The van der Waals surface area contributed by atoms with E-state index in [2.05, 4.69) is 16.4 Å². The molecular formula is C9H17OP. The van der Waals surface area contributed by atoms with Crippen LogP contribution in [0, 0.1) is 5.41 Å². The van der Waals surface area contributed by atoms with Crippen LogP contribution in [0.4, 0.5) is 0 Å². The molecule has 1 nitrogen and oxygen atoms in total. The highest BCUT2D eigenvalue weighted by Crippen LogP contribution is 2.53. The molecule has 0 spiro atoms. The summed E-state index contributed by atoms with van der Waals surface area (Å²) in [5, 5.41) is 0. The SMILES string of the molecule is CC12CCC(OP)(CC1)CC2. The van der Waals surface area contributed by atoms with E-state index in [1.165, 1.54) is 38.5 Å². The second-order valence-electron chi connectivity index (χ2n) is 4.61. The predicted molar refractivity (Wildman–Crippen MR) is 49.3 cm³/mol. The average molecular weight is 172 g/mol. The van der Waals surface area contributed by atoms with Crippen LogP contribution in [0.3, 0.4) is 0 Å². The van der Waals surface area contributed by atoms with E-state index in [0.29, 0.717) is 5.41 Å². The molecule has 0 heterocycles. The highest BCUT2D eigenvalue weighted by molar-refractivity contribution is 7.09. The molecule has 64 valence electrons. The van der Waals surface area contributed by atoms with Crippen molar-refractivity contribution in [2.24, 2.45) is 5.41 Å². The lowest BCUT2D eigenvalue weighted by Crippen LogP contribution is -2.44. The molecule has 0 aromatic rings. The monoisotopic (exact) mass is 172 g/mol. The van der Waals surface area contributed by atoms with Gasteiger partial charge in [0.05, 0.1) is 5.60 Å². The smallest absolute Gasteiger partial charge is 0.0718 e. The second kappa shape index (κ2) is 2.44. The summed E-state index contributed by atoms with van der Waals surface area (Å²) in [6, 6.07) is 0. The van der Waals surface area contributed by atoms with Crippen LogP contribution in [-0.2, 0) is 4.52 Å². The molecule has 3 saturated carbocycles. The molecule has 0 saturated heterocycles. The molecule has 0 amide bonds. The van der Waals surface area contributed by atoms with Gasteiger partial charge in [-0.15, -0.1) is 0 Å². The Hall–Kier alpha value is 0.390. The van der Waals surface area contributed by atoms with Gasteiger partial charge >= 0.3 is 0 Å². The van der Waals surface area contributed by atoms with Crippen molar-refractivity contribution in [2.45, 2.75) is 51.0 Å². The van der Waals surface area contributed by atoms with Crippen molar-refractivity contribution in [3.05, 3.63) is 0 Å². The molecule has 3 aliphatic carbocycles. The second-order valence-corrected chi connectivity index (χ2v) is 4.85. The van der Waals surface area contributed by atoms with Crippen LogP contribution < -0.4 is 0 Å². The molecule has 3 rings (SSSR count). The van der Waals surface area contributed by atoms with E-state index in [0.717, 1.165) is 0 Å². The topological polar surface area (TPSA) is 9.23 Å². The molecule has 2 heteroatoms. The van der Waals surface area contributed by atoms with Gasteiger partial charge in [-0.1, -0.05) is 6.92 Å². The van der Waals surface area contributed by atoms with Crippen molar-refractivity contribution in [1.82, 2.24) is 0 Å². The third-order valence-electron chi connectivity index (χ3n) is 3.80. The van der Waals surface area contributed by atoms with Crippen LogP contribution >= 0.6 is 9.47 Å². The first-order valence-electron chi connectivity index (χ1n) is 4.56. The van der Waals surface area contributed by atoms with Crippen molar-refractivity contribution in [3.8, 4) is 0 Å². The van der Waals surface area contributed by atoms with Crippen LogP contribution in [0.2, 0.25) is 0 Å². The molecule has 11 heavy (non-hydrogen) atoms. The molecule has 0 aromatic carbocycles. The summed E-state index contributed by atoms with van der Waals surface area (Å²) in [6.07, 6.45) is 7.98. The Morgan fingerprint density at radius 2 is 1.45 bits per heavy atom. The summed E-state index contributed by atoms with van der Waals surface area (Å²) in [4.78, 5) is 0. The quantitative estimate of drug-likeness (QED) is 0.552. The van der Waals surface area contributed by atoms with Crippen molar-refractivity contribution in [1.29, 1.82) is 0 Å². The number of fused-ring (bicyclic) bond motifs is 3. The van der Waals surface area contributed by atoms with E-state index >= 15 is 0 Å². The van der Waals surface area contributed by atoms with Crippen molar-refractivity contribution < 1.29 is 4.52 Å². The molecule has 0 aliphatic heterocycles. The van der Waals surface area contributed by atoms with Crippen molar-refractivity contribution >= 4 is 9.47 Å². The Labute approximate surface area is 71.2 Å². The van der Waals surface area contributed by atoms with Gasteiger partial charge in [0, 0.05) is 9.47 Å². The zero-order chi connectivity index (χ0) is 7.95. The van der Waals surface area contributed by atoms with Gasteiger partial charge < -0.3 is 4.52 Å². The molecular weight excluding hydrogens is 155 g/mol. The molecule has 1 unspecified atom stereocenters. The van der Waals surface area contributed by atoms with Gasteiger partial charge in [0.2, 0.25) is 0 Å². The third kappa shape index (κ3) is 1.23. The molecule has 1 atom stereocenters. The van der Waals surface area contributed by atoms with Gasteiger partial charge in [-0.2, -0.15) is 0 Å². The Balaban J connectivity index is 2.12. The summed E-state index contributed by atoms with van der Waals surface area (Å²) < 4.78 is 5.53. The lowest BCUT2D eigenvalue weighted by molar-refractivity contribution is -0.0564. The maximum Gasteiger partial charge on any atom is 0.0718 e. The summed E-state index contributed by atoms with van der Waals surface area (Å²) >= 11 is 0. The fourth-order valence-corrected chi connectivity index (χ4v) is 2.87. The number of hydrogen-bond acceptors (Lipinski definition) is 1. The highest BCUT2D eigenvalue weighted by atomic mass is 31.0. The van der Waals surface area contributed by atoms with Crippen molar-refractivity contribution in [3.63, 3.8) is 0 Å². The molecule has 2 bridgehead atoms. The zero-order valence-corrected chi connectivity index (χ0v) is 8.38. The van der Waals surface area contributed by atoms with Crippen LogP contribution in [0.5, 0.6) is 0 Å². The summed E-state index contributed by atoms with van der Waals surface area (Å²) in [6.45, 7) is 2.43. The minimum Gasteiger partial charge on any atom is -0.359 e. The van der Waals surface area contributed by atoms with Gasteiger partial charge in [-0.3, -0.25) is 0 Å². The molecule has 0 N–H and O–H groups in total. The first-order chi connectivity index (χ1) is 5.18. The van der Waals surface area contributed by atoms with Crippen LogP contribution in [0.1, 0.15) is 45.4 Å². The van der Waals surface area contributed by atoms with E-state index in [1.807, 2.05) is 0 Å². The summed E-state index contributed by atoms with van der Waals surface area (Å²) in [5.74, 6) is 0. The first kappa shape index (κ1) is 8.01. The Kier molecular flexibility index (Phi) is 1.77. The normalized spacial score (nSPS) is 49.6. The lowest BCUT2D eigenvalue weighted by Gasteiger charge is -2.51. The lowest BCUT2D eigenvalue weighted by atomic mass is 9.60. The van der Waals surface area contributed by atoms with Gasteiger partial charge in [0.1, 0.15) is 0 Å². The summed E-state index contributed by atoms with van der Waals surface area (Å²) in [5.41, 5.74) is 0.938. The maximum absolute atomic E-state index is 5.53. The average Bonchev–Trinajstić information content (AvgIpc) is 2.07. The van der Waals surface area contributed by atoms with Gasteiger partial charge in [0.25, 0.3) is 0 Å². The van der Waals surface area contributed by atoms with E-state index in [4.69, 9.17) is 4.52 Å².